The molecule has 0 saturated heterocycles. The zero-order valence-corrected chi connectivity index (χ0v) is 29.1. The Bertz CT molecular complexity index is 2140. The van der Waals surface area contributed by atoms with Crippen LogP contribution in [0, 0.1) is 0 Å². The lowest BCUT2D eigenvalue weighted by atomic mass is 9.73. The molecule has 0 atom stereocenters. The van der Waals surface area contributed by atoms with Crippen LogP contribution in [-0.4, -0.2) is 8.07 Å². The number of hydrogen-bond acceptors (Lipinski definition) is 1. The predicted molar refractivity (Wildman–Crippen MR) is 209 cm³/mol. The molecule has 7 aromatic rings. The van der Waals surface area contributed by atoms with Gasteiger partial charge in [0, 0.05) is 11.1 Å². The van der Waals surface area contributed by atoms with Gasteiger partial charge in [-0.1, -0.05) is 172 Å². The van der Waals surface area contributed by atoms with Crippen LogP contribution in [0.25, 0.3) is 0 Å². The third-order valence-electron chi connectivity index (χ3n) is 10.5. The highest BCUT2D eigenvalue weighted by Gasteiger charge is 2.39. The molecule has 0 aromatic heterocycles. The first-order valence-electron chi connectivity index (χ1n) is 16.8. The van der Waals surface area contributed by atoms with Crippen molar-refractivity contribution in [3.05, 3.63) is 193 Å². The minimum Gasteiger partial charge on any atom is -0.310 e. The fourth-order valence-corrected chi connectivity index (χ4v) is 17.3. The zero-order chi connectivity index (χ0) is 32.3. The van der Waals surface area contributed by atoms with Crippen molar-refractivity contribution in [3.8, 4) is 0 Å². The number of benzene rings is 7. The molecule has 0 amide bonds. The Kier molecular flexibility index (Phi) is 6.87. The van der Waals surface area contributed by atoms with E-state index in [1.54, 1.807) is 0 Å². The molecule has 0 aliphatic carbocycles. The molecule has 0 saturated carbocycles. The lowest BCUT2D eigenvalue weighted by molar-refractivity contribution is 0.632. The number of hydrogen-bond donors (Lipinski definition) is 0. The minimum absolute atomic E-state index is 0.0731. The van der Waals surface area contributed by atoms with Crippen LogP contribution < -0.4 is 41.6 Å². The largest absolute Gasteiger partial charge is 0.310 e. The van der Waals surface area contributed by atoms with Gasteiger partial charge < -0.3 is 4.90 Å². The van der Waals surface area contributed by atoms with Gasteiger partial charge in [0.1, 0.15) is 0 Å². The van der Waals surface area contributed by atoms with Crippen molar-refractivity contribution < 1.29 is 0 Å². The molecule has 0 unspecified atom stereocenters. The second-order valence-electron chi connectivity index (χ2n) is 13.4. The van der Waals surface area contributed by atoms with E-state index in [1.807, 2.05) is 0 Å². The highest BCUT2D eigenvalue weighted by Crippen LogP contribution is 2.51. The highest BCUT2D eigenvalue weighted by molar-refractivity contribution is 7.81. The summed E-state index contributed by atoms with van der Waals surface area (Å²) < 4.78 is 0. The molecular formula is C45H36NPSi-. The van der Waals surface area contributed by atoms with Crippen LogP contribution in [-0.2, 0) is 5.41 Å². The van der Waals surface area contributed by atoms with E-state index in [9.17, 15) is 0 Å². The average Bonchev–Trinajstić information content (AvgIpc) is 3.15. The van der Waals surface area contributed by atoms with E-state index in [1.165, 1.54) is 64.8 Å². The number of para-hydroxylation sites is 2. The van der Waals surface area contributed by atoms with Gasteiger partial charge in [-0.15, -0.1) is 0 Å². The molecule has 3 heteroatoms. The normalized spacial score (nSPS) is 15.5. The third-order valence-corrected chi connectivity index (χ3v) is 18.4. The van der Waals surface area contributed by atoms with Gasteiger partial charge in [-0.2, -0.15) is 20.7 Å². The van der Waals surface area contributed by atoms with Crippen LogP contribution in [0.3, 0.4) is 0 Å². The Morgan fingerprint density at radius 1 is 0.438 bits per heavy atom. The minimum atomic E-state index is -2.57. The van der Waals surface area contributed by atoms with E-state index in [0.717, 1.165) is 0 Å². The number of anilines is 3. The lowest BCUT2D eigenvalue weighted by Gasteiger charge is -2.54. The van der Waals surface area contributed by atoms with Crippen molar-refractivity contribution in [2.24, 2.45) is 0 Å². The number of fused-ring (bicyclic) bond motifs is 4. The van der Waals surface area contributed by atoms with Crippen LogP contribution in [0.15, 0.2) is 182 Å². The topological polar surface area (TPSA) is 3.24 Å². The lowest BCUT2D eigenvalue weighted by Crippen LogP contribution is -2.81. The van der Waals surface area contributed by atoms with E-state index >= 15 is 0 Å². The van der Waals surface area contributed by atoms with Crippen LogP contribution in [0.4, 0.5) is 17.1 Å². The molecule has 0 N–H and O–H groups in total. The molecule has 7 aromatic carbocycles. The molecule has 0 bridgehead atoms. The van der Waals surface area contributed by atoms with E-state index in [0.29, 0.717) is 0 Å². The number of nitrogens with zero attached hydrogens (tertiary/aromatic N) is 1. The van der Waals surface area contributed by atoms with Gasteiger partial charge in [0.25, 0.3) is 0 Å². The van der Waals surface area contributed by atoms with E-state index in [2.05, 4.69) is 201 Å². The van der Waals surface area contributed by atoms with E-state index in [-0.39, 0.29) is 5.41 Å². The summed E-state index contributed by atoms with van der Waals surface area (Å²) in [7, 11) is -3.35. The summed E-state index contributed by atoms with van der Waals surface area (Å²) in [6.07, 6.45) is 0. The van der Waals surface area contributed by atoms with Crippen molar-refractivity contribution in [3.63, 3.8) is 0 Å². The average molecular weight is 650 g/mol. The summed E-state index contributed by atoms with van der Waals surface area (Å²) in [5.74, 6) is 0. The Hall–Kier alpha value is -5.01. The summed E-state index contributed by atoms with van der Waals surface area (Å²) in [4.78, 5) is 2.46. The Morgan fingerprint density at radius 2 is 0.854 bits per heavy atom. The maximum Gasteiger partial charge on any atom is 0.0502 e. The maximum atomic E-state index is 2.46. The van der Waals surface area contributed by atoms with Crippen molar-refractivity contribution in [1.82, 2.24) is 0 Å². The zero-order valence-electron chi connectivity index (χ0n) is 27.2. The van der Waals surface area contributed by atoms with Gasteiger partial charge in [-0.25, -0.2) is 0 Å². The summed E-state index contributed by atoms with van der Waals surface area (Å²) in [6, 6.07) is 68.6. The van der Waals surface area contributed by atoms with Gasteiger partial charge in [0.2, 0.25) is 0 Å². The molecular weight excluding hydrogens is 614 g/mol. The molecule has 0 radical (unpaired) electrons. The second kappa shape index (κ2) is 11.3. The van der Waals surface area contributed by atoms with Crippen LogP contribution >= 0.6 is 7.92 Å². The third kappa shape index (κ3) is 4.20. The predicted octanol–water partition coefficient (Wildman–Crippen LogP) is 7.24. The van der Waals surface area contributed by atoms with Crippen molar-refractivity contribution in [2.45, 2.75) is 19.3 Å². The van der Waals surface area contributed by atoms with Crippen molar-refractivity contribution >= 4 is 69.7 Å². The smallest absolute Gasteiger partial charge is 0.0502 e. The van der Waals surface area contributed by atoms with E-state index < -0.39 is 16.0 Å². The Morgan fingerprint density at radius 3 is 1.35 bits per heavy atom. The fraction of sp³-hybridized carbons (Fsp3) is 0.0667. The first kappa shape index (κ1) is 29.2. The van der Waals surface area contributed by atoms with Gasteiger partial charge >= 0.3 is 0 Å². The first-order chi connectivity index (χ1) is 23.6. The van der Waals surface area contributed by atoms with Gasteiger partial charge in [0.05, 0.1) is 11.4 Å². The number of rotatable bonds is 4. The molecule has 0 spiro atoms. The Balaban J connectivity index is 1.23. The first-order valence-corrected chi connectivity index (χ1v) is 20.1. The maximum absolute atomic E-state index is 2.57. The summed E-state index contributed by atoms with van der Waals surface area (Å²) >= 11 is 0. The summed E-state index contributed by atoms with van der Waals surface area (Å²) in [5.41, 5.74) is 6.35. The molecule has 1 nitrogen and oxygen atoms in total. The van der Waals surface area contributed by atoms with Crippen molar-refractivity contribution in [1.29, 1.82) is 0 Å². The van der Waals surface area contributed by atoms with Crippen molar-refractivity contribution in [2.75, 3.05) is 4.90 Å². The Labute approximate surface area is 285 Å². The molecule has 2 aliphatic heterocycles. The molecule has 231 valence electrons. The van der Waals surface area contributed by atoms with Crippen LogP contribution in [0.1, 0.15) is 25.0 Å². The second-order valence-corrected chi connectivity index (χ2v) is 19.2. The SMILES string of the molecule is CC1(C)c2ccccc2N(c2ccc(P3c4ccccc4[Si-](c4ccccc4)(c4ccccc4)c4ccccc43)cc2)c2ccccc21. The molecule has 0 fully saturated rings. The standard InChI is InChI=1S/C45H36NPSi/c1-45(2)37-21-9-11-23-39(37)46(40-24-12-10-22-38(40)45)33-29-31-34(32-30-33)47-41-25-13-15-27-43(41)48(35-17-5-3-6-18-35,36-19-7-4-8-20-36)44-28-16-14-26-42(44)47/h3-32H,1-2H3/q-1. The highest BCUT2D eigenvalue weighted by atomic mass is 31.1. The van der Waals surface area contributed by atoms with E-state index in [4.69, 9.17) is 0 Å². The quantitative estimate of drug-likeness (QED) is 0.144. The molecule has 9 rings (SSSR count). The molecule has 2 heterocycles. The van der Waals surface area contributed by atoms with Gasteiger partial charge in [-0.05, 0) is 67.3 Å². The summed E-state index contributed by atoms with van der Waals surface area (Å²) in [6.45, 7) is 4.69. The van der Waals surface area contributed by atoms with Crippen LogP contribution in [0.2, 0.25) is 0 Å². The monoisotopic (exact) mass is 649 g/mol. The molecule has 2 aliphatic rings. The molecule has 48 heavy (non-hydrogen) atoms. The van der Waals surface area contributed by atoms with Crippen LogP contribution in [0.5, 0.6) is 0 Å². The van der Waals surface area contributed by atoms with Gasteiger partial charge in [0.15, 0.2) is 0 Å². The van der Waals surface area contributed by atoms with Gasteiger partial charge in [-0.3, -0.25) is 0 Å². The summed E-state index contributed by atoms with van der Waals surface area (Å²) in [5, 5.41) is 10.2. The fourth-order valence-electron chi connectivity index (χ4n) is 8.39.